The summed E-state index contributed by atoms with van der Waals surface area (Å²) in [6, 6.07) is 8.62. The van der Waals surface area contributed by atoms with Gasteiger partial charge in [0.1, 0.15) is 29.4 Å². The fraction of sp³-hybridized carbons (Fsp3) is 0.174. The number of nitrogen functional groups attached to an aromatic ring is 1. The van der Waals surface area contributed by atoms with Crippen LogP contribution in [0.4, 0.5) is 5.69 Å². The van der Waals surface area contributed by atoms with Crippen LogP contribution < -0.4 is 15.8 Å². The first-order valence-electron chi connectivity index (χ1n) is 9.64. The van der Waals surface area contributed by atoms with Gasteiger partial charge in [-0.3, -0.25) is 9.78 Å². The van der Waals surface area contributed by atoms with Gasteiger partial charge < -0.3 is 31.1 Å². The molecule has 0 bridgehead atoms. The summed E-state index contributed by atoms with van der Waals surface area (Å²) >= 11 is 0. The number of amides is 1. The highest BCUT2D eigenvalue weighted by atomic mass is 16.5. The van der Waals surface area contributed by atoms with Gasteiger partial charge in [-0.25, -0.2) is 4.79 Å². The van der Waals surface area contributed by atoms with E-state index in [1.807, 2.05) is 0 Å². The number of nitrogens with zero attached hydrogens (tertiary/aromatic N) is 1. The largest absolute Gasteiger partial charge is 0.508 e. The molecule has 6 N–H and O–H groups in total. The number of pyridine rings is 1. The summed E-state index contributed by atoms with van der Waals surface area (Å²) in [5, 5.41) is 31.8. The topological polar surface area (TPSA) is 155 Å². The number of fused-ring (bicyclic) bond motifs is 1. The molecule has 0 saturated carbocycles. The number of carbonyl (C=O) groups is 2. The SMILES string of the molecule is CC(C)=C(COc1cccc2nc(C)c(C(=O)O)c(N)c12)NC(=O)c1cc(O)cc(O)c1. The number of aryl methyl sites for hydroxylation is 1. The Balaban J connectivity index is 1.90. The van der Waals surface area contributed by atoms with E-state index in [1.54, 1.807) is 39.0 Å². The normalized spacial score (nSPS) is 10.6. The van der Waals surface area contributed by atoms with Gasteiger partial charge in [0.25, 0.3) is 5.91 Å². The fourth-order valence-corrected chi connectivity index (χ4v) is 3.22. The van der Waals surface area contributed by atoms with Gasteiger partial charge >= 0.3 is 5.97 Å². The second-order valence-electron chi connectivity index (χ2n) is 7.40. The van der Waals surface area contributed by atoms with Gasteiger partial charge in [0, 0.05) is 11.6 Å². The lowest BCUT2D eigenvalue weighted by atomic mass is 10.1. The van der Waals surface area contributed by atoms with Crippen molar-refractivity contribution in [3.8, 4) is 17.2 Å². The molecule has 0 fully saturated rings. The number of ether oxygens (including phenoxy) is 1. The Hall–Kier alpha value is -4.27. The quantitative estimate of drug-likeness (QED) is 0.393. The number of carboxylic acid groups (broad SMARTS) is 1. The molecule has 3 rings (SSSR count). The zero-order valence-corrected chi connectivity index (χ0v) is 17.8. The van der Waals surface area contributed by atoms with E-state index in [-0.39, 0.29) is 34.9 Å². The monoisotopic (exact) mass is 437 g/mol. The van der Waals surface area contributed by atoms with E-state index in [9.17, 15) is 24.9 Å². The first-order chi connectivity index (χ1) is 15.1. The maximum absolute atomic E-state index is 12.6. The molecule has 0 unspecified atom stereocenters. The average Bonchev–Trinajstić information content (AvgIpc) is 2.69. The molecule has 0 saturated heterocycles. The van der Waals surface area contributed by atoms with Crippen LogP contribution in [0.1, 0.15) is 40.3 Å². The van der Waals surface area contributed by atoms with Crippen molar-refractivity contribution >= 4 is 28.5 Å². The minimum Gasteiger partial charge on any atom is -0.508 e. The number of rotatable bonds is 6. The standard InChI is InChI=1S/C23H23N3O6/c1-11(2)17(26-22(29)13-7-14(27)9-15(28)8-13)10-32-18-6-4-5-16-20(18)21(24)19(23(30)31)12(3)25-16/h4-9,27-28H,10H2,1-3H3,(H2,24,25)(H,26,29)(H,30,31). The van der Waals surface area contributed by atoms with Gasteiger partial charge in [-0.1, -0.05) is 11.6 Å². The summed E-state index contributed by atoms with van der Waals surface area (Å²) in [6.45, 7) is 5.09. The number of anilines is 1. The third-order valence-electron chi connectivity index (χ3n) is 4.81. The van der Waals surface area contributed by atoms with Gasteiger partial charge in [0.05, 0.1) is 28.0 Å². The minimum atomic E-state index is -1.18. The zero-order valence-electron chi connectivity index (χ0n) is 17.8. The van der Waals surface area contributed by atoms with Gasteiger partial charge in [0.15, 0.2) is 0 Å². The van der Waals surface area contributed by atoms with E-state index in [4.69, 9.17) is 10.5 Å². The molecular formula is C23H23N3O6. The van der Waals surface area contributed by atoms with Crippen molar-refractivity contribution in [1.82, 2.24) is 10.3 Å². The van der Waals surface area contributed by atoms with Crippen molar-refractivity contribution in [3.05, 3.63) is 64.5 Å². The Labute approximate surface area is 183 Å². The van der Waals surface area contributed by atoms with Crippen LogP contribution in [-0.2, 0) is 0 Å². The number of hydrogen-bond donors (Lipinski definition) is 5. The molecule has 0 aliphatic rings. The molecule has 9 nitrogen and oxygen atoms in total. The summed E-state index contributed by atoms with van der Waals surface area (Å²) in [6.07, 6.45) is 0. The first-order valence-corrected chi connectivity index (χ1v) is 9.64. The number of carbonyl (C=O) groups excluding carboxylic acids is 1. The molecule has 0 aliphatic carbocycles. The summed E-state index contributed by atoms with van der Waals surface area (Å²) in [5.41, 5.74) is 8.17. The number of nitrogens with two attached hydrogens (primary N) is 1. The number of benzene rings is 2. The van der Waals surface area contributed by atoms with E-state index in [0.29, 0.717) is 28.0 Å². The molecule has 0 radical (unpaired) electrons. The predicted molar refractivity (Wildman–Crippen MR) is 119 cm³/mol. The van der Waals surface area contributed by atoms with E-state index < -0.39 is 11.9 Å². The minimum absolute atomic E-state index is 0.0479. The third-order valence-corrected chi connectivity index (χ3v) is 4.81. The highest BCUT2D eigenvalue weighted by Gasteiger charge is 2.19. The smallest absolute Gasteiger partial charge is 0.339 e. The van der Waals surface area contributed by atoms with E-state index in [1.165, 1.54) is 12.1 Å². The molecule has 1 aromatic heterocycles. The summed E-state index contributed by atoms with van der Waals surface area (Å²) in [7, 11) is 0. The Morgan fingerprint density at radius 2 is 1.78 bits per heavy atom. The number of aromatic nitrogens is 1. The van der Waals surface area contributed by atoms with Crippen LogP contribution in [0.3, 0.4) is 0 Å². The number of phenolic OH excluding ortho intramolecular Hbond substituents is 2. The van der Waals surface area contributed by atoms with Crippen LogP contribution in [0.5, 0.6) is 17.2 Å². The number of aromatic hydroxyl groups is 2. The first kappa shape index (κ1) is 22.4. The van der Waals surface area contributed by atoms with Crippen LogP contribution in [0.2, 0.25) is 0 Å². The fourth-order valence-electron chi connectivity index (χ4n) is 3.22. The predicted octanol–water partition coefficient (Wildman–Crippen LogP) is 3.34. The number of phenols is 2. The maximum atomic E-state index is 12.6. The van der Waals surface area contributed by atoms with E-state index in [0.717, 1.165) is 11.6 Å². The van der Waals surface area contributed by atoms with Crippen molar-refractivity contribution in [2.45, 2.75) is 20.8 Å². The number of nitrogens with one attached hydrogen (secondary N) is 1. The molecule has 1 amide bonds. The third kappa shape index (κ3) is 4.56. The van der Waals surface area contributed by atoms with E-state index >= 15 is 0 Å². The Kier molecular flexibility index (Phi) is 6.20. The van der Waals surface area contributed by atoms with Crippen LogP contribution >= 0.6 is 0 Å². The summed E-state index contributed by atoms with van der Waals surface area (Å²) in [4.78, 5) is 28.5. The molecule has 3 aromatic rings. The number of allylic oxidation sites excluding steroid dienone is 1. The second kappa shape index (κ2) is 8.84. The Bertz CT molecular complexity index is 1240. The number of aromatic carboxylic acids is 1. The number of hydrogen-bond acceptors (Lipinski definition) is 7. The molecule has 0 spiro atoms. The lowest BCUT2D eigenvalue weighted by Gasteiger charge is -2.16. The molecule has 0 atom stereocenters. The van der Waals surface area contributed by atoms with Crippen molar-refractivity contribution in [3.63, 3.8) is 0 Å². The second-order valence-corrected chi connectivity index (χ2v) is 7.40. The Morgan fingerprint density at radius 1 is 1.12 bits per heavy atom. The molecule has 2 aromatic carbocycles. The van der Waals surface area contributed by atoms with E-state index in [2.05, 4.69) is 10.3 Å². The highest BCUT2D eigenvalue weighted by molar-refractivity contribution is 6.06. The number of carboxylic acids is 1. The molecule has 32 heavy (non-hydrogen) atoms. The van der Waals surface area contributed by atoms with Crippen LogP contribution in [0.25, 0.3) is 10.9 Å². The molecule has 9 heteroatoms. The maximum Gasteiger partial charge on any atom is 0.339 e. The van der Waals surface area contributed by atoms with Gasteiger partial charge in [-0.15, -0.1) is 0 Å². The van der Waals surface area contributed by atoms with Crippen LogP contribution in [-0.4, -0.2) is 38.8 Å². The van der Waals surface area contributed by atoms with Gasteiger partial charge in [-0.2, -0.15) is 0 Å². The molecule has 1 heterocycles. The van der Waals surface area contributed by atoms with Crippen molar-refractivity contribution in [2.24, 2.45) is 0 Å². The molecular weight excluding hydrogens is 414 g/mol. The summed E-state index contributed by atoms with van der Waals surface area (Å²) < 4.78 is 5.90. The lowest BCUT2D eigenvalue weighted by Crippen LogP contribution is -2.27. The average molecular weight is 437 g/mol. The van der Waals surface area contributed by atoms with Gasteiger partial charge in [-0.05, 0) is 45.0 Å². The highest BCUT2D eigenvalue weighted by Crippen LogP contribution is 2.33. The Morgan fingerprint density at radius 3 is 2.38 bits per heavy atom. The van der Waals surface area contributed by atoms with Crippen molar-refractivity contribution in [2.75, 3.05) is 12.3 Å². The van der Waals surface area contributed by atoms with Crippen LogP contribution in [0.15, 0.2) is 47.7 Å². The summed E-state index contributed by atoms with van der Waals surface area (Å²) in [5.74, 6) is -1.89. The molecule has 166 valence electrons. The van der Waals surface area contributed by atoms with Gasteiger partial charge in [0.2, 0.25) is 0 Å². The molecule has 0 aliphatic heterocycles. The van der Waals surface area contributed by atoms with Crippen molar-refractivity contribution in [1.29, 1.82) is 0 Å². The zero-order chi connectivity index (χ0) is 23.6. The van der Waals surface area contributed by atoms with Crippen molar-refractivity contribution < 1.29 is 29.6 Å². The van der Waals surface area contributed by atoms with Crippen LogP contribution in [0, 0.1) is 6.92 Å². The lowest BCUT2D eigenvalue weighted by molar-refractivity contribution is 0.0696.